The molecule has 0 aliphatic rings. The first-order chi connectivity index (χ1) is 10.8. The molecule has 2 rings (SSSR count). The van der Waals surface area contributed by atoms with Gasteiger partial charge in [-0.15, -0.1) is 0 Å². The molecular formula is C16H19N3O3S. The number of anilines is 2. The standard InChI is InChI=1S/C16H19N3O3S/c1-11-4-9-15(10-12(11)2)23(21,22)19-14-7-5-13(6-8-14)18-16(20)17-3/h4-10,19H,1-3H3,(H2,17,18,20). The first-order valence-electron chi connectivity index (χ1n) is 7.01. The molecule has 23 heavy (non-hydrogen) atoms. The van der Waals surface area contributed by atoms with Crippen LogP contribution in [-0.4, -0.2) is 21.5 Å². The predicted molar refractivity (Wildman–Crippen MR) is 91.2 cm³/mol. The van der Waals surface area contributed by atoms with Gasteiger partial charge in [0.2, 0.25) is 0 Å². The van der Waals surface area contributed by atoms with Crippen molar-refractivity contribution in [2.75, 3.05) is 17.1 Å². The predicted octanol–water partition coefficient (Wildman–Crippen LogP) is 2.86. The van der Waals surface area contributed by atoms with Crippen molar-refractivity contribution < 1.29 is 13.2 Å². The normalized spacial score (nSPS) is 10.9. The fourth-order valence-electron chi connectivity index (χ4n) is 1.91. The zero-order chi connectivity index (χ0) is 17.0. The van der Waals surface area contributed by atoms with E-state index < -0.39 is 10.0 Å². The molecule has 2 aromatic carbocycles. The first kappa shape index (κ1) is 16.8. The van der Waals surface area contributed by atoms with Gasteiger partial charge in [-0.3, -0.25) is 4.72 Å². The van der Waals surface area contributed by atoms with Crippen LogP contribution in [0.25, 0.3) is 0 Å². The maximum absolute atomic E-state index is 12.4. The third-order valence-corrected chi connectivity index (χ3v) is 4.79. The summed E-state index contributed by atoms with van der Waals surface area (Å²) in [5.74, 6) is 0. The van der Waals surface area contributed by atoms with Crippen LogP contribution in [-0.2, 0) is 10.0 Å². The monoisotopic (exact) mass is 333 g/mol. The Morgan fingerprint density at radius 1 is 0.913 bits per heavy atom. The van der Waals surface area contributed by atoms with Gasteiger partial charge in [0.25, 0.3) is 10.0 Å². The van der Waals surface area contributed by atoms with Gasteiger partial charge in [0.15, 0.2) is 0 Å². The number of hydrogen-bond donors (Lipinski definition) is 3. The first-order valence-corrected chi connectivity index (χ1v) is 8.49. The molecule has 3 N–H and O–H groups in total. The molecule has 0 saturated carbocycles. The summed E-state index contributed by atoms with van der Waals surface area (Å²) in [5, 5.41) is 5.04. The highest BCUT2D eigenvalue weighted by Gasteiger charge is 2.14. The van der Waals surface area contributed by atoms with Crippen LogP contribution >= 0.6 is 0 Å². The molecule has 2 aromatic rings. The van der Waals surface area contributed by atoms with Crippen molar-refractivity contribution in [1.29, 1.82) is 0 Å². The number of amides is 2. The average molecular weight is 333 g/mol. The van der Waals surface area contributed by atoms with E-state index in [9.17, 15) is 13.2 Å². The minimum atomic E-state index is -3.64. The van der Waals surface area contributed by atoms with E-state index in [-0.39, 0.29) is 10.9 Å². The van der Waals surface area contributed by atoms with Gasteiger partial charge < -0.3 is 10.6 Å². The molecule has 2 amide bonds. The minimum absolute atomic E-state index is 0.216. The van der Waals surface area contributed by atoms with Crippen molar-refractivity contribution >= 4 is 27.4 Å². The van der Waals surface area contributed by atoms with Gasteiger partial charge in [0.05, 0.1) is 4.90 Å². The highest BCUT2D eigenvalue weighted by Crippen LogP contribution is 2.20. The molecule has 0 atom stereocenters. The van der Waals surface area contributed by atoms with E-state index in [1.807, 2.05) is 13.8 Å². The molecular weight excluding hydrogens is 314 g/mol. The molecule has 7 heteroatoms. The zero-order valence-electron chi connectivity index (χ0n) is 13.2. The second kappa shape index (κ2) is 6.70. The van der Waals surface area contributed by atoms with Crippen LogP contribution in [0.4, 0.5) is 16.2 Å². The van der Waals surface area contributed by atoms with Crippen molar-refractivity contribution in [2.45, 2.75) is 18.7 Å². The average Bonchev–Trinajstić information content (AvgIpc) is 2.51. The third-order valence-electron chi connectivity index (χ3n) is 3.41. The van der Waals surface area contributed by atoms with Gasteiger partial charge in [-0.2, -0.15) is 0 Å². The van der Waals surface area contributed by atoms with Crippen LogP contribution in [0.1, 0.15) is 11.1 Å². The summed E-state index contributed by atoms with van der Waals surface area (Å²) < 4.78 is 27.3. The molecule has 0 aromatic heterocycles. The molecule has 6 nitrogen and oxygen atoms in total. The van der Waals surface area contributed by atoms with Crippen LogP contribution in [0.2, 0.25) is 0 Å². The van der Waals surface area contributed by atoms with Crippen molar-refractivity contribution in [1.82, 2.24) is 5.32 Å². The maximum atomic E-state index is 12.4. The van der Waals surface area contributed by atoms with Gasteiger partial charge in [-0.1, -0.05) is 6.07 Å². The summed E-state index contributed by atoms with van der Waals surface area (Å²) in [6.07, 6.45) is 0. The van der Waals surface area contributed by atoms with Crippen LogP contribution in [0.5, 0.6) is 0 Å². The van der Waals surface area contributed by atoms with Crippen molar-refractivity contribution in [3.8, 4) is 0 Å². The Kier molecular flexibility index (Phi) is 4.90. The lowest BCUT2D eigenvalue weighted by Gasteiger charge is -2.10. The number of sulfonamides is 1. The Hall–Kier alpha value is -2.54. The van der Waals surface area contributed by atoms with E-state index in [0.717, 1.165) is 11.1 Å². The summed E-state index contributed by atoms with van der Waals surface area (Å²) >= 11 is 0. The maximum Gasteiger partial charge on any atom is 0.318 e. The second-order valence-corrected chi connectivity index (χ2v) is 6.82. The Morgan fingerprint density at radius 2 is 1.52 bits per heavy atom. The van der Waals surface area contributed by atoms with E-state index in [4.69, 9.17) is 0 Å². The lowest BCUT2D eigenvalue weighted by atomic mass is 10.1. The van der Waals surface area contributed by atoms with E-state index in [2.05, 4.69) is 15.4 Å². The van der Waals surface area contributed by atoms with Crippen LogP contribution < -0.4 is 15.4 Å². The summed E-state index contributed by atoms with van der Waals surface area (Å²) in [6.45, 7) is 3.80. The fourth-order valence-corrected chi connectivity index (χ4v) is 3.05. The lowest BCUT2D eigenvalue weighted by Crippen LogP contribution is -2.24. The fraction of sp³-hybridized carbons (Fsp3) is 0.188. The van der Waals surface area contributed by atoms with Crippen molar-refractivity contribution in [2.24, 2.45) is 0 Å². The van der Waals surface area contributed by atoms with Gasteiger partial charge in [0.1, 0.15) is 0 Å². The number of carbonyl (C=O) groups excluding carboxylic acids is 1. The number of nitrogens with one attached hydrogen (secondary N) is 3. The highest BCUT2D eigenvalue weighted by molar-refractivity contribution is 7.92. The van der Waals surface area contributed by atoms with Crippen LogP contribution in [0, 0.1) is 13.8 Å². The number of urea groups is 1. The van der Waals surface area contributed by atoms with Gasteiger partial charge >= 0.3 is 6.03 Å². The molecule has 122 valence electrons. The Balaban J connectivity index is 2.17. The molecule has 0 fully saturated rings. The largest absolute Gasteiger partial charge is 0.341 e. The number of aryl methyl sites for hydroxylation is 2. The Morgan fingerprint density at radius 3 is 2.09 bits per heavy atom. The molecule has 0 spiro atoms. The number of carbonyl (C=O) groups is 1. The third kappa shape index (κ3) is 4.23. The smallest absolute Gasteiger partial charge is 0.318 e. The molecule has 0 saturated heterocycles. The van der Waals surface area contributed by atoms with Crippen molar-refractivity contribution in [3.63, 3.8) is 0 Å². The van der Waals surface area contributed by atoms with Crippen LogP contribution in [0.15, 0.2) is 47.4 Å². The highest BCUT2D eigenvalue weighted by atomic mass is 32.2. The summed E-state index contributed by atoms with van der Waals surface area (Å²) in [6, 6.07) is 11.1. The summed E-state index contributed by atoms with van der Waals surface area (Å²) in [7, 11) is -2.13. The quantitative estimate of drug-likeness (QED) is 0.804. The Labute approximate surface area is 136 Å². The van der Waals surface area contributed by atoms with Gasteiger partial charge in [0, 0.05) is 18.4 Å². The summed E-state index contributed by atoms with van der Waals surface area (Å²) in [4.78, 5) is 11.4. The minimum Gasteiger partial charge on any atom is -0.341 e. The van der Waals surface area contributed by atoms with Gasteiger partial charge in [-0.05, 0) is 61.4 Å². The van der Waals surface area contributed by atoms with Gasteiger partial charge in [-0.25, -0.2) is 13.2 Å². The number of benzene rings is 2. The zero-order valence-corrected chi connectivity index (χ0v) is 14.0. The molecule has 0 heterocycles. The van der Waals surface area contributed by atoms with E-state index in [0.29, 0.717) is 11.4 Å². The van der Waals surface area contributed by atoms with E-state index in [1.54, 1.807) is 42.5 Å². The Bertz CT molecular complexity index is 815. The van der Waals surface area contributed by atoms with E-state index in [1.165, 1.54) is 7.05 Å². The SMILES string of the molecule is CNC(=O)Nc1ccc(NS(=O)(=O)c2ccc(C)c(C)c2)cc1. The van der Waals surface area contributed by atoms with E-state index >= 15 is 0 Å². The van der Waals surface area contributed by atoms with Crippen molar-refractivity contribution in [3.05, 3.63) is 53.6 Å². The lowest BCUT2D eigenvalue weighted by molar-refractivity contribution is 0.254. The summed E-state index contributed by atoms with van der Waals surface area (Å²) in [5.41, 5.74) is 2.94. The molecule has 0 unspecified atom stereocenters. The molecule has 0 radical (unpaired) electrons. The number of hydrogen-bond acceptors (Lipinski definition) is 3. The second-order valence-electron chi connectivity index (χ2n) is 5.13. The molecule has 0 bridgehead atoms. The van der Waals surface area contributed by atoms with Crippen LogP contribution in [0.3, 0.4) is 0 Å². The number of rotatable bonds is 4. The molecule has 0 aliphatic carbocycles. The molecule has 0 aliphatic heterocycles. The topological polar surface area (TPSA) is 87.3 Å².